The number of aryl methyl sites for hydroxylation is 2. The third kappa shape index (κ3) is 4.45. The average Bonchev–Trinajstić information content (AvgIpc) is 3.11. The summed E-state index contributed by atoms with van der Waals surface area (Å²) in [4.78, 5) is 30.4. The molecule has 32 heavy (non-hydrogen) atoms. The molecule has 0 saturated heterocycles. The number of carbonyl (C=O) groups is 1. The van der Waals surface area contributed by atoms with Crippen molar-refractivity contribution in [1.29, 1.82) is 0 Å². The van der Waals surface area contributed by atoms with Crippen molar-refractivity contribution < 1.29 is 14.3 Å². The maximum atomic E-state index is 12.7. The first-order chi connectivity index (χ1) is 15.5. The van der Waals surface area contributed by atoms with E-state index in [1.54, 1.807) is 18.3 Å². The first kappa shape index (κ1) is 21.5. The number of rotatable bonds is 6. The van der Waals surface area contributed by atoms with Crippen LogP contribution in [0.4, 0.5) is 0 Å². The van der Waals surface area contributed by atoms with E-state index in [-0.39, 0.29) is 11.5 Å². The normalized spacial score (nSPS) is 11.2. The van der Waals surface area contributed by atoms with Gasteiger partial charge in [-0.15, -0.1) is 11.3 Å². The van der Waals surface area contributed by atoms with E-state index in [4.69, 9.17) is 9.47 Å². The summed E-state index contributed by atoms with van der Waals surface area (Å²) in [7, 11) is 1.35. The highest BCUT2D eigenvalue weighted by atomic mass is 32.1. The van der Waals surface area contributed by atoms with Gasteiger partial charge in [-0.05, 0) is 66.9 Å². The number of carbonyl (C=O) groups excluding carboxylic acids is 1. The van der Waals surface area contributed by atoms with Crippen LogP contribution in [-0.2, 0) is 11.3 Å². The summed E-state index contributed by atoms with van der Waals surface area (Å²) >= 11 is 1.51. The Bertz CT molecular complexity index is 1350. The van der Waals surface area contributed by atoms with Gasteiger partial charge in [0, 0.05) is 4.88 Å². The Balaban J connectivity index is 1.42. The van der Waals surface area contributed by atoms with Crippen molar-refractivity contribution in [2.45, 2.75) is 20.5 Å². The molecule has 2 aromatic carbocycles. The zero-order valence-corrected chi connectivity index (χ0v) is 18.7. The molecular weight excluding hydrogens is 426 g/mol. The number of methoxy groups -OCH3 is 1. The summed E-state index contributed by atoms with van der Waals surface area (Å²) in [6.45, 7) is 4.28. The lowest BCUT2D eigenvalue weighted by molar-refractivity contribution is 0.0600. The van der Waals surface area contributed by atoms with Gasteiger partial charge in [-0.3, -0.25) is 4.79 Å². The van der Waals surface area contributed by atoms with Crippen LogP contribution >= 0.6 is 11.3 Å². The molecule has 0 fully saturated rings. The third-order valence-electron chi connectivity index (χ3n) is 5.06. The molecule has 0 N–H and O–H groups in total. The van der Waals surface area contributed by atoms with Crippen molar-refractivity contribution in [3.8, 4) is 5.75 Å². The SMILES string of the molecule is COC(=O)c1ccc(COc2ccc(C=Nn3cnc4sc(C)c(C)c4c3=O)cc2)cc1. The van der Waals surface area contributed by atoms with Gasteiger partial charge in [0.1, 0.15) is 23.5 Å². The van der Waals surface area contributed by atoms with Crippen LogP contribution in [0.5, 0.6) is 5.75 Å². The van der Waals surface area contributed by atoms with Crippen molar-refractivity contribution in [2.75, 3.05) is 7.11 Å². The number of benzene rings is 2. The Morgan fingerprint density at radius 1 is 1.12 bits per heavy atom. The monoisotopic (exact) mass is 447 g/mol. The standard InChI is InChI=1S/C24H21N3O4S/c1-15-16(2)32-22-21(15)23(28)27(14-25-22)26-12-17-6-10-20(11-7-17)31-13-18-4-8-19(9-5-18)24(29)30-3/h4-12,14H,13H2,1-3H3. The molecule has 4 aromatic rings. The van der Waals surface area contributed by atoms with Gasteiger partial charge in [-0.2, -0.15) is 9.78 Å². The number of hydrogen-bond acceptors (Lipinski definition) is 7. The van der Waals surface area contributed by atoms with E-state index < -0.39 is 0 Å². The Labute approximate surface area is 188 Å². The molecule has 4 rings (SSSR count). The molecule has 0 amide bonds. The molecule has 0 unspecified atom stereocenters. The highest BCUT2D eigenvalue weighted by Crippen LogP contribution is 2.25. The number of nitrogens with zero attached hydrogens (tertiary/aromatic N) is 3. The zero-order chi connectivity index (χ0) is 22.7. The predicted molar refractivity (Wildman–Crippen MR) is 125 cm³/mol. The molecule has 162 valence electrons. The quantitative estimate of drug-likeness (QED) is 0.325. The van der Waals surface area contributed by atoms with Crippen LogP contribution in [0, 0.1) is 13.8 Å². The summed E-state index contributed by atoms with van der Waals surface area (Å²) in [5.74, 6) is 0.331. The second-order valence-corrected chi connectivity index (χ2v) is 8.35. The first-order valence-corrected chi connectivity index (χ1v) is 10.7. The molecule has 0 radical (unpaired) electrons. The number of hydrogen-bond donors (Lipinski definition) is 0. The smallest absolute Gasteiger partial charge is 0.337 e. The second-order valence-electron chi connectivity index (χ2n) is 7.15. The summed E-state index contributed by atoms with van der Waals surface area (Å²) < 4.78 is 11.7. The van der Waals surface area contributed by atoms with Gasteiger partial charge < -0.3 is 9.47 Å². The summed E-state index contributed by atoms with van der Waals surface area (Å²) in [6, 6.07) is 14.4. The minimum atomic E-state index is -0.367. The van der Waals surface area contributed by atoms with E-state index >= 15 is 0 Å². The van der Waals surface area contributed by atoms with Gasteiger partial charge in [0.05, 0.1) is 24.3 Å². The number of aromatic nitrogens is 2. The number of thiophene rings is 1. The van der Waals surface area contributed by atoms with Crippen LogP contribution in [0.25, 0.3) is 10.2 Å². The van der Waals surface area contributed by atoms with Gasteiger partial charge in [-0.25, -0.2) is 9.78 Å². The topological polar surface area (TPSA) is 82.8 Å². The molecular formula is C24H21N3O4S. The first-order valence-electron chi connectivity index (χ1n) is 9.88. The van der Waals surface area contributed by atoms with Crippen molar-refractivity contribution >= 4 is 33.7 Å². The lowest BCUT2D eigenvalue weighted by Crippen LogP contribution is -2.16. The largest absolute Gasteiger partial charge is 0.489 e. The number of fused-ring (bicyclic) bond motifs is 1. The fraction of sp³-hybridized carbons (Fsp3) is 0.167. The van der Waals surface area contributed by atoms with Crippen LogP contribution in [0.3, 0.4) is 0 Å². The molecule has 0 aliphatic carbocycles. The van der Waals surface area contributed by atoms with E-state index in [2.05, 4.69) is 10.1 Å². The predicted octanol–water partition coefficient (Wildman–Crippen LogP) is 4.32. The van der Waals surface area contributed by atoms with Crippen LogP contribution < -0.4 is 10.3 Å². The number of ether oxygens (including phenoxy) is 2. The van der Waals surface area contributed by atoms with E-state index in [0.717, 1.165) is 26.4 Å². The molecule has 8 heteroatoms. The Kier molecular flexibility index (Phi) is 6.13. The lowest BCUT2D eigenvalue weighted by Gasteiger charge is -2.07. The van der Waals surface area contributed by atoms with Crippen molar-refractivity contribution in [3.05, 3.63) is 92.3 Å². The van der Waals surface area contributed by atoms with E-state index in [0.29, 0.717) is 23.3 Å². The van der Waals surface area contributed by atoms with Crippen molar-refractivity contribution in [2.24, 2.45) is 5.10 Å². The molecule has 0 aliphatic rings. The maximum Gasteiger partial charge on any atom is 0.337 e. The summed E-state index contributed by atoms with van der Waals surface area (Å²) in [6.07, 6.45) is 3.05. The summed E-state index contributed by atoms with van der Waals surface area (Å²) in [5.41, 5.74) is 3.03. The molecule has 0 atom stereocenters. The Morgan fingerprint density at radius 3 is 2.53 bits per heavy atom. The van der Waals surface area contributed by atoms with Crippen LogP contribution in [-0.4, -0.2) is 29.0 Å². The summed E-state index contributed by atoms with van der Waals surface area (Å²) in [5, 5.41) is 4.89. The van der Waals surface area contributed by atoms with Crippen LogP contribution in [0.2, 0.25) is 0 Å². The highest BCUT2D eigenvalue weighted by Gasteiger charge is 2.11. The van der Waals surface area contributed by atoms with Crippen LogP contribution in [0.1, 0.15) is 31.9 Å². The minimum Gasteiger partial charge on any atom is -0.489 e. The molecule has 2 aromatic heterocycles. The number of esters is 1. The molecule has 0 spiro atoms. The average molecular weight is 448 g/mol. The van der Waals surface area contributed by atoms with Gasteiger partial charge >= 0.3 is 5.97 Å². The van der Waals surface area contributed by atoms with Crippen molar-refractivity contribution in [1.82, 2.24) is 9.66 Å². The Hall–Kier alpha value is -3.78. The lowest BCUT2D eigenvalue weighted by atomic mass is 10.1. The molecule has 0 aliphatic heterocycles. The molecule has 2 heterocycles. The van der Waals surface area contributed by atoms with E-state index in [1.165, 1.54) is 29.5 Å². The molecule has 7 nitrogen and oxygen atoms in total. The molecule has 0 bridgehead atoms. The highest BCUT2D eigenvalue weighted by molar-refractivity contribution is 7.18. The third-order valence-corrected chi connectivity index (χ3v) is 6.18. The van der Waals surface area contributed by atoms with Gasteiger partial charge in [0.15, 0.2) is 0 Å². The van der Waals surface area contributed by atoms with Gasteiger partial charge in [-0.1, -0.05) is 12.1 Å². The maximum absolute atomic E-state index is 12.7. The second kappa shape index (κ2) is 9.15. The van der Waals surface area contributed by atoms with Crippen molar-refractivity contribution in [3.63, 3.8) is 0 Å². The van der Waals surface area contributed by atoms with E-state index in [1.807, 2.05) is 50.2 Å². The fourth-order valence-corrected chi connectivity index (χ4v) is 4.10. The van der Waals surface area contributed by atoms with Gasteiger partial charge in [0.25, 0.3) is 5.56 Å². The Morgan fingerprint density at radius 2 is 1.84 bits per heavy atom. The van der Waals surface area contributed by atoms with Gasteiger partial charge in [0.2, 0.25) is 0 Å². The molecule has 0 saturated carbocycles. The fourth-order valence-electron chi connectivity index (χ4n) is 3.11. The zero-order valence-electron chi connectivity index (χ0n) is 17.9. The minimum absolute atomic E-state index is 0.175. The van der Waals surface area contributed by atoms with Crippen LogP contribution in [0.15, 0.2) is 64.8 Å². The van der Waals surface area contributed by atoms with E-state index in [9.17, 15) is 9.59 Å².